The van der Waals surface area contributed by atoms with Crippen molar-refractivity contribution in [3.8, 4) is 0 Å². The Morgan fingerprint density at radius 2 is 1.92 bits per heavy atom. The molecule has 2 N–H and O–H groups in total. The van der Waals surface area contributed by atoms with E-state index in [0.717, 1.165) is 0 Å². The van der Waals surface area contributed by atoms with E-state index in [1.807, 2.05) is 0 Å². The first kappa shape index (κ1) is 13.9. The third-order valence-electron chi connectivity index (χ3n) is 1.14. The van der Waals surface area contributed by atoms with Crippen LogP contribution in [0.3, 0.4) is 0 Å². The molecular weight excluding hydrogens is 182 g/mol. The highest BCUT2D eigenvalue weighted by molar-refractivity contribution is 5.85. The minimum atomic E-state index is -0.339. The van der Waals surface area contributed by atoms with Gasteiger partial charge in [-0.2, -0.15) is 0 Å². The molecule has 0 radical (unpaired) electrons. The third-order valence-corrected chi connectivity index (χ3v) is 1.14. The summed E-state index contributed by atoms with van der Waals surface area (Å²) in [5.41, 5.74) is 5.03. The van der Waals surface area contributed by atoms with E-state index in [9.17, 15) is 9.59 Å². The number of hydrogen-bond acceptors (Lipinski definition) is 4. The smallest absolute Gasteiger partial charge is 0.306 e. The van der Waals surface area contributed by atoms with E-state index in [2.05, 4.69) is 4.74 Å². The number of Topliss-reactive ketones (excluding diaryl/α,β-unsaturated/α-hetero) is 1. The first-order chi connectivity index (χ1) is 5.20. The minimum absolute atomic E-state index is 0. The van der Waals surface area contributed by atoms with Crippen LogP contribution in [0.1, 0.15) is 19.8 Å². The van der Waals surface area contributed by atoms with Crippen LogP contribution in [-0.2, 0) is 14.3 Å². The van der Waals surface area contributed by atoms with E-state index < -0.39 is 0 Å². The minimum Gasteiger partial charge on any atom is -0.466 e. The number of ketones is 1. The number of nitrogens with two attached hydrogens (primary N) is 1. The van der Waals surface area contributed by atoms with E-state index >= 15 is 0 Å². The predicted molar refractivity (Wildman–Crippen MR) is 47.2 cm³/mol. The summed E-state index contributed by atoms with van der Waals surface area (Å²) in [5.74, 6) is -0.452. The van der Waals surface area contributed by atoms with Crippen LogP contribution in [0.4, 0.5) is 0 Å². The van der Waals surface area contributed by atoms with Gasteiger partial charge in [0.2, 0.25) is 0 Å². The molecule has 0 amide bonds. The summed E-state index contributed by atoms with van der Waals surface area (Å²) in [4.78, 5) is 21.2. The molecule has 0 aromatic heterocycles. The van der Waals surface area contributed by atoms with Gasteiger partial charge in [-0.1, -0.05) is 0 Å². The summed E-state index contributed by atoms with van der Waals surface area (Å²) < 4.78 is 4.60. The lowest BCUT2D eigenvalue weighted by atomic mass is 10.2. The molecule has 0 saturated heterocycles. The Kier molecular flexibility index (Phi) is 9.86. The van der Waals surface area contributed by atoms with Crippen molar-refractivity contribution >= 4 is 24.2 Å². The number of rotatable bonds is 5. The van der Waals surface area contributed by atoms with E-state index in [0.29, 0.717) is 6.61 Å². The van der Waals surface area contributed by atoms with Crippen molar-refractivity contribution in [3.05, 3.63) is 0 Å². The highest BCUT2D eigenvalue weighted by Crippen LogP contribution is 1.92. The zero-order valence-corrected chi connectivity index (χ0v) is 7.86. The summed E-state index contributed by atoms with van der Waals surface area (Å²) in [5, 5.41) is 0. The number of carbonyl (C=O) groups excluding carboxylic acids is 2. The van der Waals surface area contributed by atoms with Gasteiger partial charge < -0.3 is 10.5 Å². The fraction of sp³-hybridized carbons (Fsp3) is 0.714. The molecule has 0 aromatic rings. The fourth-order valence-corrected chi connectivity index (χ4v) is 0.577. The predicted octanol–water partition coefficient (Wildman–Crippen LogP) is 0.279. The van der Waals surface area contributed by atoms with Crippen molar-refractivity contribution in [3.63, 3.8) is 0 Å². The van der Waals surface area contributed by atoms with Gasteiger partial charge in [-0.25, -0.2) is 0 Å². The molecule has 0 unspecified atom stereocenters. The quantitative estimate of drug-likeness (QED) is 0.640. The second kappa shape index (κ2) is 8.49. The number of hydrogen-bond donors (Lipinski definition) is 1. The SMILES string of the molecule is CCOC(=O)CCC(=O)CN.Cl. The Labute approximate surface area is 77.9 Å². The van der Waals surface area contributed by atoms with Crippen LogP contribution in [0, 0.1) is 0 Å². The van der Waals surface area contributed by atoms with E-state index in [1.54, 1.807) is 6.92 Å². The van der Waals surface area contributed by atoms with Crippen molar-refractivity contribution in [1.82, 2.24) is 0 Å². The molecule has 0 aliphatic heterocycles. The standard InChI is InChI=1S/C7H13NO3.ClH/c1-2-11-7(10)4-3-6(9)5-8;/h2-5,8H2,1H3;1H. The van der Waals surface area contributed by atoms with Gasteiger partial charge >= 0.3 is 5.97 Å². The first-order valence-corrected chi connectivity index (χ1v) is 3.58. The Morgan fingerprint density at radius 1 is 1.33 bits per heavy atom. The van der Waals surface area contributed by atoms with Crippen LogP contribution in [0.2, 0.25) is 0 Å². The lowest BCUT2D eigenvalue weighted by Crippen LogP contribution is -2.15. The molecule has 0 heterocycles. The van der Waals surface area contributed by atoms with E-state index in [4.69, 9.17) is 5.73 Å². The van der Waals surface area contributed by atoms with Crippen LogP contribution >= 0.6 is 12.4 Å². The maximum absolute atomic E-state index is 10.6. The molecule has 0 fully saturated rings. The second-order valence-corrected chi connectivity index (χ2v) is 2.05. The van der Waals surface area contributed by atoms with Crippen LogP contribution in [0.5, 0.6) is 0 Å². The molecule has 0 aliphatic rings. The van der Waals surface area contributed by atoms with Gasteiger partial charge in [0.05, 0.1) is 19.6 Å². The highest BCUT2D eigenvalue weighted by atomic mass is 35.5. The van der Waals surface area contributed by atoms with Crippen LogP contribution in [0.25, 0.3) is 0 Å². The molecule has 5 heteroatoms. The van der Waals surface area contributed by atoms with E-state index in [1.165, 1.54) is 0 Å². The lowest BCUT2D eigenvalue weighted by molar-refractivity contribution is -0.144. The second-order valence-electron chi connectivity index (χ2n) is 2.05. The Morgan fingerprint density at radius 3 is 2.33 bits per heavy atom. The zero-order valence-electron chi connectivity index (χ0n) is 7.04. The van der Waals surface area contributed by atoms with Gasteiger partial charge in [0, 0.05) is 6.42 Å². The average Bonchev–Trinajstić information content (AvgIpc) is 2.01. The molecule has 12 heavy (non-hydrogen) atoms. The first-order valence-electron chi connectivity index (χ1n) is 3.58. The molecule has 0 rings (SSSR count). The van der Waals surface area contributed by atoms with Crippen molar-refractivity contribution in [2.75, 3.05) is 13.2 Å². The number of esters is 1. The molecule has 0 saturated carbocycles. The number of halogens is 1. The summed E-state index contributed by atoms with van der Waals surface area (Å²) in [6, 6.07) is 0. The van der Waals surface area contributed by atoms with Gasteiger partial charge in [0.1, 0.15) is 5.78 Å². The van der Waals surface area contributed by atoms with Crippen molar-refractivity contribution in [2.45, 2.75) is 19.8 Å². The Balaban J connectivity index is 0. The average molecular weight is 196 g/mol. The van der Waals surface area contributed by atoms with Crippen LogP contribution in [-0.4, -0.2) is 24.9 Å². The van der Waals surface area contributed by atoms with Crippen molar-refractivity contribution in [2.24, 2.45) is 5.73 Å². The third kappa shape index (κ3) is 7.50. The maximum atomic E-state index is 10.6. The zero-order chi connectivity index (χ0) is 8.69. The normalized spacial score (nSPS) is 8.50. The van der Waals surface area contributed by atoms with Crippen molar-refractivity contribution in [1.29, 1.82) is 0 Å². The van der Waals surface area contributed by atoms with Gasteiger partial charge in [0.15, 0.2) is 0 Å². The molecule has 0 bridgehead atoms. The Bertz CT molecular complexity index is 150. The molecular formula is C7H14ClNO3. The fourth-order valence-electron chi connectivity index (χ4n) is 0.577. The van der Waals surface area contributed by atoms with Gasteiger partial charge in [-0.3, -0.25) is 9.59 Å². The van der Waals surface area contributed by atoms with Crippen LogP contribution < -0.4 is 5.73 Å². The van der Waals surface area contributed by atoms with Gasteiger partial charge in [-0.05, 0) is 6.92 Å². The lowest BCUT2D eigenvalue weighted by Gasteiger charge is -1.99. The molecule has 0 atom stereocenters. The molecule has 0 aliphatic carbocycles. The number of ether oxygens (including phenoxy) is 1. The summed E-state index contributed by atoms with van der Waals surface area (Å²) in [6.45, 7) is 2.08. The molecule has 72 valence electrons. The van der Waals surface area contributed by atoms with E-state index in [-0.39, 0.29) is 43.5 Å². The molecule has 0 spiro atoms. The van der Waals surface area contributed by atoms with Gasteiger partial charge in [0.25, 0.3) is 0 Å². The van der Waals surface area contributed by atoms with Gasteiger partial charge in [-0.15, -0.1) is 12.4 Å². The molecule has 4 nitrogen and oxygen atoms in total. The molecule has 0 aromatic carbocycles. The number of carbonyl (C=O) groups is 2. The highest BCUT2D eigenvalue weighted by Gasteiger charge is 2.04. The maximum Gasteiger partial charge on any atom is 0.306 e. The summed E-state index contributed by atoms with van der Waals surface area (Å²) in [7, 11) is 0. The summed E-state index contributed by atoms with van der Waals surface area (Å²) in [6.07, 6.45) is 0.333. The largest absolute Gasteiger partial charge is 0.466 e. The Hall–Kier alpha value is -0.610. The van der Waals surface area contributed by atoms with Crippen molar-refractivity contribution < 1.29 is 14.3 Å². The topological polar surface area (TPSA) is 69.4 Å². The van der Waals surface area contributed by atoms with Crippen LogP contribution in [0.15, 0.2) is 0 Å². The monoisotopic (exact) mass is 195 g/mol. The summed E-state index contributed by atoms with van der Waals surface area (Å²) >= 11 is 0.